The second-order valence-electron chi connectivity index (χ2n) is 7.21. The number of hydrogen-bond acceptors (Lipinski definition) is 3. The van der Waals surface area contributed by atoms with E-state index in [1.165, 1.54) is 25.7 Å². The smallest absolute Gasteiger partial charge is 0.243 e. The maximum Gasteiger partial charge on any atom is 0.243 e. The van der Waals surface area contributed by atoms with E-state index >= 15 is 0 Å². The summed E-state index contributed by atoms with van der Waals surface area (Å²) in [6, 6.07) is 3.88. The Morgan fingerprint density at radius 3 is 2.83 bits per heavy atom. The second kappa shape index (κ2) is 7.28. The number of amides is 1. The quantitative estimate of drug-likeness (QED) is 0.659. The molecule has 0 aromatic carbocycles. The van der Waals surface area contributed by atoms with Crippen LogP contribution in [0.3, 0.4) is 0 Å². The fraction of sp³-hybridized carbons (Fsp3) is 0.667. The number of furan rings is 1. The van der Waals surface area contributed by atoms with Gasteiger partial charge in [-0.1, -0.05) is 6.42 Å². The molecule has 0 radical (unpaired) electrons. The summed E-state index contributed by atoms with van der Waals surface area (Å²) in [6.07, 6.45) is 7.77. The van der Waals surface area contributed by atoms with Crippen LogP contribution < -0.4 is 5.32 Å². The number of aliphatic imine (C=N–C) groups is 1. The highest BCUT2D eigenvalue weighted by Crippen LogP contribution is 2.47. The number of hydrogen-bond donors (Lipinski definition) is 1. The number of guanidine groups is 1. The third-order valence-electron chi connectivity index (χ3n) is 5.25. The number of rotatable bonds is 5. The molecule has 132 valence electrons. The topological polar surface area (TPSA) is 61.1 Å². The van der Waals surface area contributed by atoms with Gasteiger partial charge in [0, 0.05) is 40.2 Å². The lowest BCUT2D eigenvalue weighted by atomic mass is 9.68. The standard InChI is InChI=1S/C18H28N4O2/c1-21(2)16(23)13-20-17(19-10-6-15-5-3-12-24-15)22-11-9-18(14-22)7-4-8-18/h3,5,12H,4,6-11,13-14H2,1-2H3,(H,19,20). The number of carbonyl (C=O) groups is 1. The molecular formula is C18H28N4O2. The molecule has 0 bridgehead atoms. The van der Waals surface area contributed by atoms with E-state index in [2.05, 4.69) is 15.2 Å². The highest BCUT2D eigenvalue weighted by atomic mass is 16.3. The molecule has 1 saturated carbocycles. The van der Waals surface area contributed by atoms with E-state index in [-0.39, 0.29) is 12.5 Å². The summed E-state index contributed by atoms with van der Waals surface area (Å²) < 4.78 is 5.38. The highest BCUT2D eigenvalue weighted by molar-refractivity contribution is 5.85. The molecule has 1 spiro atoms. The predicted octanol–water partition coefficient (Wildman–Crippen LogP) is 1.73. The zero-order valence-electron chi connectivity index (χ0n) is 14.8. The van der Waals surface area contributed by atoms with Crippen molar-refractivity contribution in [2.75, 3.05) is 40.3 Å². The van der Waals surface area contributed by atoms with Crippen LogP contribution in [0.25, 0.3) is 0 Å². The first kappa shape index (κ1) is 16.9. The minimum atomic E-state index is 0.0258. The van der Waals surface area contributed by atoms with Crippen molar-refractivity contribution in [2.24, 2.45) is 10.4 Å². The number of carbonyl (C=O) groups excluding carboxylic acids is 1. The molecule has 1 N–H and O–H groups in total. The van der Waals surface area contributed by atoms with E-state index in [1.807, 2.05) is 12.1 Å². The predicted molar refractivity (Wildman–Crippen MR) is 93.9 cm³/mol. The largest absolute Gasteiger partial charge is 0.469 e. The van der Waals surface area contributed by atoms with Crippen molar-refractivity contribution in [3.05, 3.63) is 24.2 Å². The van der Waals surface area contributed by atoms with Crippen molar-refractivity contribution < 1.29 is 9.21 Å². The van der Waals surface area contributed by atoms with E-state index in [0.717, 1.165) is 37.8 Å². The Morgan fingerprint density at radius 2 is 2.25 bits per heavy atom. The van der Waals surface area contributed by atoms with Gasteiger partial charge in [-0.05, 0) is 36.8 Å². The van der Waals surface area contributed by atoms with Gasteiger partial charge in [-0.2, -0.15) is 0 Å². The van der Waals surface area contributed by atoms with Crippen molar-refractivity contribution in [1.29, 1.82) is 0 Å². The van der Waals surface area contributed by atoms with Crippen molar-refractivity contribution in [3.8, 4) is 0 Å². The Balaban J connectivity index is 1.59. The fourth-order valence-electron chi connectivity index (χ4n) is 3.50. The first-order valence-electron chi connectivity index (χ1n) is 8.84. The van der Waals surface area contributed by atoms with Gasteiger partial charge in [0.2, 0.25) is 5.91 Å². The third kappa shape index (κ3) is 3.91. The fourth-order valence-corrected chi connectivity index (χ4v) is 3.50. The van der Waals surface area contributed by atoms with Crippen molar-refractivity contribution in [1.82, 2.24) is 15.1 Å². The normalized spacial score (nSPS) is 19.4. The van der Waals surface area contributed by atoms with E-state index < -0.39 is 0 Å². The first-order chi connectivity index (χ1) is 11.6. The minimum absolute atomic E-state index is 0.0258. The molecule has 1 aromatic heterocycles. The van der Waals surface area contributed by atoms with E-state index in [9.17, 15) is 4.79 Å². The van der Waals surface area contributed by atoms with Gasteiger partial charge in [0.15, 0.2) is 5.96 Å². The lowest BCUT2D eigenvalue weighted by molar-refractivity contribution is -0.127. The van der Waals surface area contributed by atoms with Crippen LogP contribution in [-0.2, 0) is 11.2 Å². The van der Waals surface area contributed by atoms with Crippen LogP contribution in [0.4, 0.5) is 0 Å². The van der Waals surface area contributed by atoms with E-state index in [1.54, 1.807) is 25.3 Å². The lowest BCUT2D eigenvalue weighted by Gasteiger charge is -2.38. The third-order valence-corrected chi connectivity index (χ3v) is 5.25. The summed E-state index contributed by atoms with van der Waals surface area (Å²) in [7, 11) is 3.53. The molecule has 0 unspecified atom stereocenters. The highest BCUT2D eigenvalue weighted by Gasteiger charge is 2.43. The molecule has 1 amide bonds. The molecule has 2 fully saturated rings. The van der Waals surface area contributed by atoms with E-state index in [4.69, 9.17) is 4.42 Å². The zero-order chi connectivity index (χ0) is 17.0. The molecule has 1 aliphatic heterocycles. The average Bonchev–Trinajstić information content (AvgIpc) is 3.19. The number of nitrogens with one attached hydrogen (secondary N) is 1. The van der Waals surface area contributed by atoms with Crippen LogP contribution in [0.15, 0.2) is 27.8 Å². The summed E-state index contributed by atoms with van der Waals surface area (Å²) in [5.74, 6) is 1.85. The molecule has 2 heterocycles. The average molecular weight is 332 g/mol. The van der Waals surface area contributed by atoms with Crippen LogP contribution in [0, 0.1) is 5.41 Å². The molecule has 0 atom stereocenters. The first-order valence-corrected chi connectivity index (χ1v) is 8.84. The summed E-state index contributed by atoms with van der Waals surface area (Å²) in [4.78, 5) is 20.4. The molecular weight excluding hydrogens is 304 g/mol. The maximum absolute atomic E-state index is 11.9. The van der Waals surface area contributed by atoms with Gasteiger partial charge in [-0.3, -0.25) is 4.79 Å². The van der Waals surface area contributed by atoms with Gasteiger partial charge in [-0.25, -0.2) is 4.99 Å². The van der Waals surface area contributed by atoms with Crippen molar-refractivity contribution >= 4 is 11.9 Å². The SMILES string of the molecule is CN(C)C(=O)CN=C(NCCc1ccco1)N1CCC2(CCC2)C1. The van der Waals surface area contributed by atoms with Gasteiger partial charge >= 0.3 is 0 Å². The van der Waals surface area contributed by atoms with Crippen LogP contribution in [-0.4, -0.2) is 61.9 Å². The molecule has 1 aromatic rings. The van der Waals surface area contributed by atoms with Gasteiger partial charge in [0.25, 0.3) is 0 Å². The minimum Gasteiger partial charge on any atom is -0.469 e. The Kier molecular flexibility index (Phi) is 5.11. The molecule has 24 heavy (non-hydrogen) atoms. The number of likely N-dealkylation sites (N-methyl/N-ethyl adjacent to an activating group) is 1. The zero-order valence-corrected chi connectivity index (χ0v) is 14.8. The molecule has 6 nitrogen and oxygen atoms in total. The Morgan fingerprint density at radius 1 is 1.42 bits per heavy atom. The summed E-state index contributed by atoms with van der Waals surface area (Å²) in [5, 5.41) is 3.43. The summed E-state index contributed by atoms with van der Waals surface area (Å²) in [5.41, 5.74) is 0.509. The molecule has 1 saturated heterocycles. The monoisotopic (exact) mass is 332 g/mol. The van der Waals surface area contributed by atoms with Crippen LogP contribution in [0.2, 0.25) is 0 Å². The Labute approximate surface area is 143 Å². The van der Waals surface area contributed by atoms with Gasteiger partial charge in [0.1, 0.15) is 12.3 Å². The van der Waals surface area contributed by atoms with Gasteiger partial charge < -0.3 is 19.5 Å². The second-order valence-corrected chi connectivity index (χ2v) is 7.21. The number of likely N-dealkylation sites (tertiary alicyclic amines) is 1. The summed E-state index contributed by atoms with van der Waals surface area (Å²) >= 11 is 0. The molecule has 3 rings (SSSR count). The van der Waals surface area contributed by atoms with Crippen LogP contribution in [0.1, 0.15) is 31.4 Å². The van der Waals surface area contributed by atoms with Gasteiger partial charge in [-0.15, -0.1) is 0 Å². The van der Waals surface area contributed by atoms with Crippen molar-refractivity contribution in [3.63, 3.8) is 0 Å². The maximum atomic E-state index is 11.9. The Hall–Kier alpha value is -1.98. The van der Waals surface area contributed by atoms with E-state index in [0.29, 0.717) is 5.41 Å². The van der Waals surface area contributed by atoms with Crippen LogP contribution >= 0.6 is 0 Å². The van der Waals surface area contributed by atoms with Crippen LogP contribution in [0.5, 0.6) is 0 Å². The molecule has 6 heteroatoms. The van der Waals surface area contributed by atoms with Gasteiger partial charge in [0.05, 0.1) is 6.26 Å². The van der Waals surface area contributed by atoms with Crippen molar-refractivity contribution in [2.45, 2.75) is 32.1 Å². The number of nitrogens with zero attached hydrogens (tertiary/aromatic N) is 3. The Bertz CT molecular complexity index is 576. The lowest BCUT2D eigenvalue weighted by Crippen LogP contribution is -2.43. The molecule has 2 aliphatic rings. The summed E-state index contributed by atoms with van der Waals surface area (Å²) in [6.45, 7) is 3.05. The molecule has 1 aliphatic carbocycles.